The van der Waals surface area contributed by atoms with E-state index in [4.69, 9.17) is 15.6 Å². The number of hydrogen-bond donors (Lipinski definition) is 3. The Morgan fingerprint density at radius 1 is 0.830 bits per heavy atom. The Bertz CT molecular complexity index is 1780. The van der Waals surface area contributed by atoms with E-state index >= 15 is 0 Å². The minimum atomic E-state index is -0.607. The number of carbonyl (C=O) groups is 3. The van der Waals surface area contributed by atoms with Gasteiger partial charge in [-0.3, -0.25) is 19.3 Å². The number of fused-ring (bicyclic) bond motifs is 1. The molecule has 10 heteroatoms. The first-order valence-corrected chi connectivity index (χ1v) is 15.6. The van der Waals surface area contributed by atoms with Gasteiger partial charge >= 0.3 is 0 Å². The largest absolute Gasteiger partial charge is 0.394 e. The number of para-hydroxylation sites is 1. The van der Waals surface area contributed by atoms with E-state index in [1.807, 2.05) is 41.4 Å². The second kappa shape index (κ2) is 14.4. The Labute approximate surface area is 273 Å². The number of aliphatic hydroxyl groups is 1. The van der Waals surface area contributed by atoms with Gasteiger partial charge in [0.15, 0.2) is 5.78 Å². The summed E-state index contributed by atoms with van der Waals surface area (Å²) >= 11 is 0. The van der Waals surface area contributed by atoms with Crippen molar-refractivity contribution in [1.29, 1.82) is 0 Å². The number of amides is 2. The number of nitrogens with zero attached hydrogens (tertiary/aromatic N) is 3. The summed E-state index contributed by atoms with van der Waals surface area (Å²) in [4.78, 5) is 44.9. The molecule has 6 rings (SSSR count). The highest BCUT2D eigenvalue weighted by Crippen LogP contribution is 2.36. The zero-order chi connectivity index (χ0) is 32.8. The van der Waals surface area contributed by atoms with Crippen LogP contribution in [0, 0.1) is 0 Å². The van der Waals surface area contributed by atoms with Crippen LogP contribution in [0.25, 0.3) is 5.57 Å². The monoisotopic (exact) mass is 631 g/mol. The molecule has 240 valence electrons. The number of hydrogen-bond acceptors (Lipinski definition) is 8. The lowest BCUT2D eigenvalue weighted by molar-refractivity contribution is -0.110. The molecule has 0 saturated carbocycles. The smallest absolute Gasteiger partial charge is 0.257 e. The van der Waals surface area contributed by atoms with Crippen molar-refractivity contribution in [2.75, 3.05) is 67.7 Å². The number of benzene rings is 4. The van der Waals surface area contributed by atoms with E-state index in [1.54, 1.807) is 36.4 Å². The van der Waals surface area contributed by atoms with Crippen LogP contribution in [0.1, 0.15) is 31.8 Å². The number of nitrogens with one attached hydrogen (secondary N) is 1. The quantitative estimate of drug-likeness (QED) is 0.120. The van der Waals surface area contributed by atoms with Crippen LogP contribution in [0.15, 0.2) is 103 Å². The SMILES string of the molecule is NC(=O)c1cccc(C(=O)c2ccc3c(c2)NC(=O)/C3=C\N(c2ccccc2)c2ccc(N3CCN(CCOCCO)CC3)cc2)c1. The fourth-order valence-corrected chi connectivity index (χ4v) is 5.87. The summed E-state index contributed by atoms with van der Waals surface area (Å²) in [5.74, 6) is -1.15. The fourth-order valence-electron chi connectivity index (χ4n) is 5.87. The van der Waals surface area contributed by atoms with Crippen molar-refractivity contribution in [3.8, 4) is 0 Å². The molecule has 1 saturated heterocycles. The molecule has 2 aliphatic heterocycles. The van der Waals surface area contributed by atoms with Crippen LogP contribution in [0.4, 0.5) is 22.7 Å². The van der Waals surface area contributed by atoms with E-state index in [0.29, 0.717) is 41.2 Å². The van der Waals surface area contributed by atoms with Crippen LogP contribution < -0.4 is 20.9 Å². The van der Waals surface area contributed by atoms with Crippen LogP contribution >= 0.6 is 0 Å². The number of aliphatic hydroxyl groups excluding tert-OH is 1. The molecule has 2 amide bonds. The number of rotatable bonds is 12. The highest BCUT2D eigenvalue weighted by atomic mass is 16.5. The summed E-state index contributed by atoms with van der Waals surface area (Å²) in [5, 5.41) is 11.8. The van der Waals surface area contributed by atoms with Crippen molar-refractivity contribution < 1.29 is 24.2 Å². The van der Waals surface area contributed by atoms with Crippen molar-refractivity contribution in [2.45, 2.75) is 0 Å². The van der Waals surface area contributed by atoms with Crippen LogP contribution in [0.2, 0.25) is 0 Å². The van der Waals surface area contributed by atoms with E-state index in [9.17, 15) is 14.4 Å². The van der Waals surface area contributed by atoms with Crippen LogP contribution in [0.3, 0.4) is 0 Å². The number of piperazine rings is 1. The van der Waals surface area contributed by atoms with E-state index in [2.05, 4.69) is 39.4 Å². The Morgan fingerprint density at radius 2 is 1.53 bits per heavy atom. The Kier molecular flexibility index (Phi) is 9.72. The molecule has 10 nitrogen and oxygen atoms in total. The molecule has 47 heavy (non-hydrogen) atoms. The van der Waals surface area contributed by atoms with Gasteiger partial charge in [0.1, 0.15) is 0 Å². The number of ether oxygens (including phenoxy) is 1. The molecular weight excluding hydrogens is 594 g/mol. The van der Waals surface area contributed by atoms with Crippen molar-refractivity contribution in [3.05, 3.63) is 126 Å². The third-order valence-corrected chi connectivity index (χ3v) is 8.42. The molecule has 4 aromatic rings. The maximum atomic E-state index is 13.3. The molecule has 2 aliphatic rings. The van der Waals surface area contributed by atoms with Gasteiger partial charge in [-0.05, 0) is 54.6 Å². The van der Waals surface area contributed by atoms with E-state index < -0.39 is 5.91 Å². The maximum absolute atomic E-state index is 13.3. The Hall–Kier alpha value is -5.29. The minimum Gasteiger partial charge on any atom is -0.394 e. The normalized spacial score (nSPS) is 15.4. The van der Waals surface area contributed by atoms with Crippen LogP contribution in [-0.4, -0.2) is 80.1 Å². The van der Waals surface area contributed by atoms with Gasteiger partial charge in [-0.15, -0.1) is 0 Å². The summed E-state index contributed by atoms with van der Waals surface area (Å²) in [6, 6.07) is 29.6. The highest BCUT2D eigenvalue weighted by Gasteiger charge is 2.27. The van der Waals surface area contributed by atoms with Crippen LogP contribution in [0.5, 0.6) is 0 Å². The molecule has 1 fully saturated rings. The lowest BCUT2D eigenvalue weighted by Gasteiger charge is -2.36. The average Bonchev–Trinajstić information content (AvgIpc) is 3.43. The molecule has 0 unspecified atom stereocenters. The summed E-state index contributed by atoms with van der Waals surface area (Å²) < 4.78 is 5.42. The second-order valence-corrected chi connectivity index (χ2v) is 11.4. The van der Waals surface area contributed by atoms with Crippen molar-refractivity contribution in [2.24, 2.45) is 5.73 Å². The third kappa shape index (κ3) is 7.25. The molecule has 0 bridgehead atoms. The number of primary amides is 1. The summed E-state index contributed by atoms with van der Waals surface area (Å²) in [6.45, 7) is 5.58. The molecular formula is C37H37N5O5. The van der Waals surface area contributed by atoms with Crippen molar-refractivity contribution >= 4 is 45.9 Å². The van der Waals surface area contributed by atoms with Gasteiger partial charge in [0.25, 0.3) is 5.91 Å². The van der Waals surface area contributed by atoms with Gasteiger partial charge in [-0.2, -0.15) is 0 Å². The first-order valence-electron chi connectivity index (χ1n) is 15.6. The Balaban J connectivity index is 1.22. The molecule has 0 atom stereocenters. The standard InChI is InChI=1S/C37H37N5O5/c38-36(45)28-6-4-5-26(23-28)35(44)27-9-14-32-33(37(46)39-34(32)24-27)25-42(30-7-2-1-3-8-30)31-12-10-29(11-13-31)41-17-15-40(16-18-41)19-21-47-22-20-43/h1-14,23-25,43H,15-22H2,(H2,38,45)(H,39,46)/b33-25-. The van der Waals surface area contributed by atoms with Gasteiger partial charge in [0.05, 0.1) is 25.4 Å². The van der Waals surface area contributed by atoms with Crippen molar-refractivity contribution in [3.63, 3.8) is 0 Å². The Morgan fingerprint density at radius 3 is 2.26 bits per heavy atom. The van der Waals surface area contributed by atoms with Gasteiger partial charge in [-0.25, -0.2) is 0 Å². The summed E-state index contributed by atoms with van der Waals surface area (Å²) in [6.07, 6.45) is 1.83. The van der Waals surface area contributed by atoms with E-state index in [-0.39, 0.29) is 23.9 Å². The van der Waals surface area contributed by atoms with E-state index in [1.165, 1.54) is 6.07 Å². The number of carbonyl (C=O) groups excluding carboxylic acids is 3. The number of ketones is 1. The van der Waals surface area contributed by atoms with Crippen molar-refractivity contribution in [1.82, 2.24) is 4.90 Å². The predicted molar refractivity (Wildman–Crippen MR) is 183 cm³/mol. The molecule has 4 aromatic carbocycles. The average molecular weight is 632 g/mol. The first-order chi connectivity index (χ1) is 22.9. The number of anilines is 4. The predicted octanol–water partition coefficient (Wildman–Crippen LogP) is 4.28. The molecule has 2 heterocycles. The van der Waals surface area contributed by atoms with Gasteiger partial charge < -0.3 is 30.7 Å². The molecule has 0 radical (unpaired) electrons. The lowest BCUT2D eigenvalue weighted by atomic mass is 9.98. The molecule has 0 spiro atoms. The maximum Gasteiger partial charge on any atom is 0.257 e. The zero-order valence-corrected chi connectivity index (χ0v) is 26.0. The molecule has 0 aromatic heterocycles. The second-order valence-electron chi connectivity index (χ2n) is 11.4. The van der Waals surface area contributed by atoms with Gasteiger partial charge in [-0.1, -0.05) is 42.5 Å². The molecule has 0 aliphatic carbocycles. The van der Waals surface area contributed by atoms with E-state index in [0.717, 1.165) is 49.8 Å². The first kappa shape index (κ1) is 31.7. The van der Waals surface area contributed by atoms with Gasteiger partial charge in [0.2, 0.25) is 5.91 Å². The minimum absolute atomic E-state index is 0.0453. The topological polar surface area (TPSA) is 128 Å². The number of nitrogens with two attached hydrogens (primary N) is 1. The lowest BCUT2D eigenvalue weighted by Crippen LogP contribution is -2.47. The molecule has 4 N–H and O–H groups in total. The summed E-state index contributed by atoms with van der Waals surface area (Å²) in [5.41, 5.74) is 11.0. The zero-order valence-electron chi connectivity index (χ0n) is 26.0. The third-order valence-electron chi connectivity index (χ3n) is 8.42. The fraction of sp³-hybridized carbons (Fsp3) is 0.216. The van der Waals surface area contributed by atoms with Gasteiger partial charge in [0, 0.05) is 83.9 Å². The van der Waals surface area contributed by atoms with Crippen LogP contribution in [-0.2, 0) is 9.53 Å². The highest BCUT2D eigenvalue weighted by molar-refractivity contribution is 6.32. The summed E-state index contributed by atoms with van der Waals surface area (Å²) in [7, 11) is 0.